The van der Waals surface area contributed by atoms with Crippen LogP contribution in [0, 0.1) is 0 Å². The Morgan fingerprint density at radius 1 is 1.16 bits per heavy atom. The quantitative estimate of drug-likeness (QED) is 0.714. The molecule has 0 N–H and O–H groups in total. The van der Waals surface area contributed by atoms with Crippen LogP contribution < -0.4 is 0 Å². The first kappa shape index (κ1) is 14.5. The molecule has 1 heterocycles. The molecule has 4 heteroatoms. The smallest absolute Gasteiger partial charge is 0.161 e. The van der Waals surface area contributed by atoms with Crippen LogP contribution in [0.15, 0.2) is 28.7 Å². The highest BCUT2D eigenvalue weighted by Crippen LogP contribution is 2.28. The van der Waals surface area contributed by atoms with Crippen molar-refractivity contribution >= 4 is 27.5 Å². The summed E-state index contributed by atoms with van der Waals surface area (Å²) >= 11 is 9.55. The highest BCUT2D eigenvalue weighted by atomic mass is 79.9. The van der Waals surface area contributed by atoms with E-state index in [2.05, 4.69) is 58.8 Å². The minimum atomic E-state index is 0.467. The van der Waals surface area contributed by atoms with Crippen molar-refractivity contribution < 1.29 is 0 Å². The van der Waals surface area contributed by atoms with Gasteiger partial charge in [0.25, 0.3) is 0 Å². The zero-order valence-electron chi connectivity index (χ0n) is 11.2. The Labute approximate surface area is 127 Å². The summed E-state index contributed by atoms with van der Waals surface area (Å²) in [6, 6.07) is 8.33. The van der Waals surface area contributed by atoms with Gasteiger partial charge in [0, 0.05) is 5.56 Å². The van der Waals surface area contributed by atoms with Crippen LogP contribution in [0.1, 0.15) is 37.9 Å². The third-order valence-corrected chi connectivity index (χ3v) is 4.38. The fourth-order valence-corrected chi connectivity index (χ4v) is 2.49. The van der Waals surface area contributed by atoms with Crippen LogP contribution in [0.2, 0.25) is 5.15 Å². The molecule has 19 heavy (non-hydrogen) atoms. The Morgan fingerprint density at radius 3 is 2.32 bits per heavy atom. The second kappa shape index (κ2) is 6.02. The van der Waals surface area contributed by atoms with Crippen LogP contribution in [-0.2, 0) is 6.42 Å². The molecule has 100 valence electrons. The summed E-state index contributed by atoms with van der Waals surface area (Å²) in [4.78, 5) is 8.89. The lowest BCUT2D eigenvalue weighted by atomic mass is 10.0. The maximum Gasteiger partial charge on any atom is 0.161 e. The summed E-state index contributed by atoms with van der Waals surface area (Å²) in [5.41, 5.74) is 3.24. The summed E-state index contributed by atoms with van der Waals surface area (Å²) in [7, 11) is 0. The van der Waals surface area contributed by atoms with E-state index in [1.54, 1.807) is 0 Å². The number of rotatable bonds is 3. The first-order chi connectivity index (χ1) is 9.02. The first-order valence-electron chi connectivity index (χ1n) is 6.35. The van der Waals surface area contributed by atoms with E-state index >= 15 is 0 Å². The zero-order valence-corrected chi connectivity index (χ0v) is 13.6. The first-order valence-corrected chi connectivity index (χ1v) is 7.52. The standard InChI is InChI=1S/C15H16BrClN2/c1-4-12-13(16)14(17)19-15(18-12)11-7-5-10(6-8-11)9(2)3/h5-9H,4H2,1-3H3. The Morgan fingerprint density at radius 2 is 1.79 bits per heavy atom. The number of benzene rings is 1. The van der Waals surface area contributed by atoms with Crippen molar-refractivity contribution in [1.82, 2.24) is 9.97 Å². The van der Waals surface area contributed by atoms with Gasteiger partial charge in [0.15, 0.2) is 5.82 Å². The van der Waals surface area contributed by atoms with Crippen LogP contribution in [0.5, 0.6) is 0 Å². The number of hydrogen-bond acceptors (Lipinski definition) is 2. The van der Waals surface area contributed by atoms with Gasteiger partial charge in [-0.1, -0.05) is 56.6 Å². The molecule has 0 radical (unpaired) electrons. The monoisotopic (exact) mass is 338 g/mol. The van der Waals surface area contributed by atoms with Gasteiger partial charge in [-0.2, -0.15) is 0 Å². The second-order valence-corrected chi connectivity index (χ2v) is 5.88. The molecule has 0 aliphatic carbocycles. The molecule has 2 aromatic rings. The Bertz CT molecular complexity index is 579. The Balaban J connectivity index is 2.44. The highest BCUT2D eigenvalue weighted by molar-refractivity contribution is 9.10. The van der Waals surface area contributed by atoms with Gasteiger partial charge in [-0.15, -0.1) is 0 Å². The van der Waals surface area contributed by atoms with Gasteiger partial charge in [0.1, 0.15) is 5.15 Å². The maximum atomic E-state index is 6.13. The van der Waals surface area contributed by atoms with E-state index < -0.39 is 0 Å². The van der Waals surface area contributed by atoms with Crippen molar-refractivity contribution in [2.24, 2.45) is 0 Å². The largest absolute Gasteiger partial charge is 0.232 e. The molecule has 2 nitrogen and oxygen atoms in total. The summed E-state index contributed by atoms with van der Waals surface area (Å²) in [6.45, 7) is 6.41. The van der Waals surface area contributed by atoms with Crippen LogP contribution in [-0.4, -0.2) is 9.97 Å². The summed E-state index contributed by atoms with van der Waals surface area (Å²) in [5.74, 6) is 1.20. The van der Waals surface area contributed by atoms with E-state index in [-0.39, 0.29) is 0 Å². The van der Waals surface area contributed by atoms with Gasteiger partial charge in [0.2, 0.25) is 0 Å². The predicted octanol–water partition coefficient (Wildman–Crippen LogP) is 5.25. The van der Waals surface area contributed by atoms with Crippen molar-refractivity contribution in [3.63, 3.8) is 0 Å². The van der Waals surface area contributed by atoms with Crippen molar-refractivity contribution in [3.8, 4) is 11.4 Å². The van der Waals surface area contributed by atoms with E-state index in [4.69, 9.17) is 11.6 Å². The zero-order chi connectivity index (χ0) is 14.0. The molecule has 0 fully saturated rings. The van der Waals surface area contributed by atoms with Crippen molar-refractivity contribution in [2.45, 2.75) is 33.1 Å². The molecule has 0 atom stereocenters. The molecule has 0 unspecified atom stereocenters. The number of halogens is 2. The number of hydrogen-bond donors (Lipinski definition) is 0. The molecule has 2 rings (SSSR count). The molecule has 1 aromatic carbocycles. The second-order valence-electron chi connectivity index (χ2n) is 4.73. The predicted molar refractivity (Wildman–Crippen MR) is 83.6 cm³/mol. The van der Waals surface area contributed by atoms with E-state index in [1.165, 1.54) is 5.56 Å². The number of nitrogens with zero attached hydrogens (tertiary/aromatic N) is 2. The fraction of sp³-hybridized carbons (Fsp3) is 0.333. The third kappa shape index (κ3) is 3.15. The molecule has 0 spiro atoms. The average molecular weight is 340 g/mol. The minimum absolute atomic E-state index is 0.467. The highest BCUT2D eigenvalue weighted by Gasteiger charge is 2.11. The lowest BCUT2D eigenvalue weighted by Crippen LogP contribution is -1.97. The number of aromatic nitrogens is 2. The van der Waals surface area contributed by atoms with E-state index in [9.17, 15) is 0 Å². The van der Waals surface area contributed by atoms with E-state index in [0.717, 1.165) is 22.2 Å². The van der Waals surface area contributed by atoms with Gasteiger partial charge >= 0.3 is 0 Å². The lowest BCUT2D eigenvalue weighted by Gasteiger charge is -2.09. The van der Waals surface area contributed by atoms with Gasteiger partial charge in [0.05, 0.1) is 10.2 Å². The molecule has 1 aromatic heterocycles. The lowest BCUT2D eigenvalue weighted by molar-refractivity contribution is 0.866. The number of aryl methyl sites for hydroxylation is 1. The van der Waals surface area contributed by atoms with Crippen LogP contribution in [0.3, 0.4) is 0 Å². The Hall–Kier alpha value is -0.930. The average Bonchev–Trinajstić information content (AvgIpc) is 2.41. The maximum absolute atomic E-state index is 6.13. The van der Waals surface area contributed by atoms with Crippen LogP contribution >= 0.6 is 27.5 Å². The fourth-order valence-electron chi connectivity index (χ4n) is 1.84. The molecule has 0 aliphatic rings. The molecule has 0 bridgehead atoms. The van der Waals surface area contributed by atoms with Crippen molar-refractivity contribution in [1.29, 1.82) is 0 Å². The Kier molecular flexibility index (Phi) is 4.58. The van der Waals surface area contributed by atoms with Gasteiger partial charge in [-0.25, -0.2) is 9.97 Å². The van der Waals surface area contributed by atoms with Gasteiger partial charge in [-0.3, -0.25) is 0 Å². The van der Waals surface area contributed by atoms with E-state index in [1.807, 2.05) is 12.1 Å². The molecular formula is C15H16BrClN2. The van der Waals surface area contributed by atoms with Crippen LogP contribution in [0.4, 0.5) is 0 Å². The summed E-state index contributed by atoms with van der Waals surface area (Å²) in [6.07, 6.45) is 0.819. The van der Waals surface area contributed by atoms with Crippen molar-refractivity contribution in [3.05, 3.63) is 45.1 Å². The van der Waals surface area contributed by atoms with Gasteiger partial charge in [-0.05, 0) is 33.8 Å². The molecule has 0 saturated heterocycles. The summed E-state index contributed by atoms with van der Waals surface area (Å²) < 4.78 is 0.791. The van der Waals surface area contributed by atoms with Gasteiger partial charge < -0.3 is 0 Å². The van der Waals surface area contributed by atoms with Crippen LogP contribution in [0.25, 0.3) is 11.4 Å². The normalized spacial score (nSPS) is 11.1. The topological polar surface area (TPSA) is 25.8 Å². The van der Waals surface area contributed by atoms with E-state index in [0.29, 0.717) is 16.9 Å². The SMILES string of the molecule is CCc1nc(-c2ccc(C(C)C)cc2)nc(Cl)c1Br. The molecule has 0 amide bonds. The molecule has 0 saturated carbocycles. The third-order valence-electron chi connectivity index (χ3n) is 3.05. The summed E-state index contributed by atoms with van der Waals surface area (Å²) in [5, 5.41) is 0.467. The molecule has 0 aliphatic heterocycles. The minimum Gasteiger partial charge on any atom is -0.232 e. The molecular weight excluding hydrogens is 324 g/mol. The van der Waals surface area contributed by atoms with Crippen molar-refractivity contribution in [2.75, 3.05) is 0 Å².